The molecule has 0 N–H and O–H groups in total. The lowest BCUT2D eigenvalue weighted by molar-refractivity contribution is -0.883. The minimum absolute atomic E-state index is 0. The normalized spacial score (nSPS) is 11.9. The van der Waals surface area contributed by atoms with Crippen molar-refractivity contribution in [1.82, 2.24) is 0 Å². The number of carbonyl (C=O) groups is 1. The smallest absolute Gasteiger partial charge is 0.361 e. The van der Waals surface area contributed by atoms with Crippen LogP contribution in [0.3, 0.4) is 0 Å². The van der Waals surface area contributed by atoms with Gasteiger partial charge in [0.15, 0.2) is 6.54 Å². The number of esters is 1. The molecule has 0 heterocycles. The van der Waals surface area contributed by atoms with Crippen molar-refractivity contribution in [1.29, 1.82) is 0 Å². The fourth-order valence-electron chi connectivity index (χ4n) is 5.88. The zero-order valence-corrected chi connectivity index (χ0v) is 32.9. The summed E-state index contributed by atoms with van der Waals surface area (Å²) in [7, 11) is 4.19. The van der Waals surface area contributed by atoms with Crippen LogP contribution in [-0.4, -0.2) is 57.5 Å². The van der Waals surface area contributed by atoms with Crippen molar-refractivity contribution in [2.24, 2.45) is 0 Å². The predicted octanol–water partition coefficient (Wildman–Crippen LogP) is 9.70. The van der Waals surface area contributed by atoms with Crippen molar-refractivity contribution in [2.75, 3.05) is 47.0 Å². The number of halogens is 1. The van der Waals surface area contributed by atoms with Gasteiger partial charge in [-0.3, -0.25) is 0 Å². The Morgan fingerprint density at radius 1 is 0.468 bits per heavy atom. The molecule has 0 fully saturated rings. The first kappa shape index (κ1) is 48.3. The van der Waals surface area contributed by atoms with E-state index in [1.165, 1.54) is 161 Å². The van der Waals surface area contributed by atoms with Gasteiger partial charge >= 0.3 is 5.97 Å². The van der Waals surface area contributed by atoms with Gasteiger partial charge in [0.05, 0.1) is 27.3 Å². The Labute approximate surface area is 301 Å². The number of hydrogen-bond donors (Lipinski definition) is 0. The van der Waals surface area contributed by atoms with Gasteiger partial charge in [0.2, 0.25) is 0 Å². The second kappa shape index (κ2) is 39.6. The van der Waals surface area contributed by atoms with Gasteiger partial charge in [-0.2, -0.15) is 0 Å². The van der Waals surface area contributed by atoms with E-state index in [0.717, 1.165) is 32.4 Å². The predicted molar refractivity (Wildman–Crippen MR) is 203 cm³/mol. The van der Waals surface area contributed by atoms with Gasteiger partial charge in [0.25, 0.3) is 0 Å². The first-order valence-electron chi connectivity index (χ1n) is 20.4. The minimum atomic E-state index is -0.0777. The van der Waals surface area contributed by atoms with Crippen molar-refractivity contribution in [3.8, 4) is 0 Å². The number of hydrogen-bond acceptors (Lipinski definition) is 3. The molecule has 0 bridgehead atoms. The Morgan fingerprint density at radius 2 is 0.809 bits per heavy atom. The van der Waals surface area contributed by atoms with Crippen LogP contribution < -0.4 is 12.4 Å². The maximum Gasteiger partial charge on any atom is 0.361 e. The standard InChI is InChI=1S/C42H82NO3.ClH/c1-5-7-9-11-13-15-17-19-21-23-25-27-29-31-33-35-38-45-40-37-43(3,4)41-42(44)46-39-36-34-32-30-28-26-24-22-20-18-16-14-12-10-8-6-2;/h19-22H,5-18,23-41H2,1-4H3;1H/q+1;/p-1/b21-19-,22-20-;. The van der Waals surface area contributed by atoms with E-state index in [2.05, 4.69) is 52.2 Å². The zero-order valence-electron chi connectivity index (χ0n) is 32.2. The molecule has 0 amide bonds. The summed E-state index contributed by atoms with van der Waals surface area (Å²) in [4.78, 5) is 12.3. The number of ether oxygens (including phenoxy) is 2. The molecule has 0 saturated carbocycles. The molecule has 0 aliphatic carbocycles. The van der Waals surface area contributed by atoms with E-state index < -0.39 is 0 Å². The summed E-state index contributed by atoms with van der Waals surface area (Å²) >= 11 is 0. The zero-order chi connectivity index (χ0) is 33.7. The van der Waals surface area contributed by atoms with Gasteiger partial charge < -0.3 is 26.4 Å². The van der Waals surface area contributed by atoms with Crippen molar-refractivity contribution in [3.63, 3.8) is 0 Å². The highest BCUT2D eigenvalue weighted by Gasteiger charge is 2.20. The maximum atomic E-state index is 12.3. The van der Waals surface area contributed by atoms with Gasteiger partial charge in [0.1, 0.15) is 6.54 Å². The molecule has 0 unspecified atom stereocenters. The van der Waals surface area contributed by atoms with Gasteiger partial charge in [-0.25, -0.2) is 4.79 Å². The van der Waals surface area contributed by atoms with Crippen LogP contribution in [0.5, 0.6) is 0 Å². The van der Waals surface area contributed by atoms with E-state index in [0.29, 0.717) is 24.2 Å². The van der Waals surface area contributed by atoms with Crippen LogP contribution in [0.2, 0.25) is 0 Å². The third-order valence-corrected chi connectivity index (χ3v) is 9.12. The summed E-state index contributed by atoms with van der Waals surface area (Å²) in [5.74, 6) is -0.0777. The molecule has 0 rings (SSSR count). The molecule has 0 spiro atoms. The van der Waals surface area contributed by atoms with E-state index in [1.807, 2.05) is 0 Å². The first-order chi connectivity index (χ1) is 22.5. The number of carbonyl (C=O) groups excluding carboxylic acids is 1. The number of allylic oxidation sites excluding steroid dienone is 4. The highest BCUT2D eigenvalue weighted by Crippen LogP contribution is 2.12. The van der Waals surface area contributed by atoms with Crippen LogP contribution in [-0.2, 0) is 14.3 Å². The van der Waals surface area contributed by atoms with Gasteiger partial charge in [-0.15, -0.1) is 0 Å². The summed E-state index contributed by atoms with van der Waals surface area (Å²) in [6, 6.07) is 0. The molecule has 0 aliphatic rings. The summed E-state index contributed by atoms with van der Waals surface area (Å²) in [5, 5.41) is 0. The minimum Gasteiger partial charge on any atom is -1.00 e. The summed E-state index contributed by atoms with van der Waals surface area (Å²) in [5.41, 5.74) is 0. The van der Waals surface area contributed by atoms with E-state index in [-0.39, 0.29) is 18.4 Å². The van der Waals surface area contributed by atoms with Crippen LogP contribution in [0, 0.1) is 0 Å². The van der Waals surface area contributed by atoms with Crippen LogP contribution in [0.4, 0.5) is 0 Å². The number of unbranched alkanes of at least 4 members (excludes halogenated alkanes) is 24. The van der Waals surface area contributed by atoms with Crippen LogP contribution in [0.1, 0.15) is 194 Å². The van der Waals surface area contributed by atoms with Crippen molar-refractivity contribution in [3.05, 3.63) is 24.3 Å². The third kappa shape index (κ3) is 41.2. The van der Waals surface area contributed by atoms with Crippen LogP contribution in [0.25, 0.3) is 0 Å². The topological polar surface area (TPSA) is 35.5 Å². The van der Waals surface area contributed by atoms with E-state index in [9.17, 15) is 4.79 Å². The third-order valence-electron chi connectivity index (χ3n) is 9.12. The SMILES string of the molecule is CCCCCCCC/C=C\CCCCCCCCOCC[N+](C)(C)CC(=O)OCCCCCCCC/C=C\CCCCCCCC.[Cl-]. The summed E-state index contributed by atoms with van der Waals surface area (Å²) in [6.07, 6.45) is 46.2. The number of rotatable bonds is 37. The largest absolute Gasteiger partial charge is 1.00 e. The Kier molecular flexibility index (Phi) is 40.7. The van der Waals surface area contributed by atoms with E-state index in [1.54, 1.807) is 0 Å². The van der Waals surface area contributed by atoms with Crippen molar-refractivity contribution >= 4 is 5.97 Å². The Hall–Kier alpha value is -0.840. The van der Waals surface area contributed by atoms with Gasteiger partial charge in [0, 0.05) is 6.61 Å². The highest BCUT2D eigenvalue weighted by atomic mass is 35.5. The van der Waals surface area contributed by atoms with Crippen molar-refractivity contribution < 1.29 is 31.2 Å². The van der Waals surface area contributed by atoms with Crippen LogP contribution >= 0.6 is 0 Å². The quantitative estimate of drug-likeness (QED) is 0.0283. The van der Waals surface area contributed by atoms with E-state index >= 15 is 0 Å². The van der Waals surface area contributed by atoms with Gasteiger partial charge in [-0.1, -0.05) is 154 Å². The second-order valence-corrected chi connectivity index (χ2v) is 14.5. The van der Waals surface area contributed by atoms with E-state index in [4.69, 9.17) is 9.47 Å². The molecule has 5 heteroatoms. The summed E-state index contributed by atoms with van der Waals surface area (Å²) in [6.45, 7) is 7.93. The second-order valence-electron chi connectivity index (χ2n) is 14.5. The summed E-state index contributed by atoms with van der Waals surface area (Å²) < 4.78 is 12.0. The molecule has 0 atom stereocenters. The Bertz CT molecular complexity index is 679. The maximum absolute atomic E-state index is 12.3. The molecular weight excluding hydrogens is 602 g/mol. The monoisotopic (exact) mass is 684 g/mol. The van der Waals surface area contributed by atoms with Gasteiger partial charge in [-0.05, 0) is 64.2 Å². The molecule has 4 nitrogen and oxygen atoms in total. The molecule has 280 valence electrons. The lowest BCUT2D eigenvalue weighted by Gasteiger charge is -2.28. The number of quaternary nitrogens is 1. The van der Waals surface area contributed by atoms with Crippen LogP contribution in [0.15, 0.2) is 24.3 Å². The molecule has 0 aromatic heterocycles. The lowest BCUT2D eigenvalue weighted by Crippen LogP contribution is -3.00. The fraction of sp³-hybridized carbons (Fsp3) is 0.881. The molecule has 0 aromatic carbocycles. The number of nitrogens with zero attached hydrogens (tertiary/aromatic N) is 1. The molecule has 0 radical (unpaired) electrons. The van der Waals surface area contributed by atoms with Crippen molar-refractivity contribution in [2.45, 2.75) is 194 Å². The average molecular weight is 685 g/mol. The molecular formula is C42H82ClNO3. The molecule has 0 saturated heterocycles. The first-order valence-corrected chi connectivity index (χ1v) is 20.4. The highest BCUT2D eigenvalue weighted by molar-refractivity contribution is 5.70. The average Bonchev–Trinajstić information content (AvgIpc) is 3.03. The molecule has 0 aromatic rings. The lowest BCUT2D eigenvalue weighted by atomic mass is 10.1. The molecule has 0 aliphatic heterocycles. The molecule has 47 heavy (non-hydrogen) atoms. The fourth-order valence-corrected chi connectivity index (χ4v) is 5.88. The Morgan fingerprint density at radius 3 is 1.21 bits per heavy atom. The Balaban J connectivity index is 0. The number of likely N-dealkylation sites (N-methyl/N-ethyl adjacent to an activating group) is 1.